The number of rotatable bonds is 5. The smallest absolute Gasteiger partial charge is 0.0870 e. The summed E-state index contributed by atoms with van der Waals surface area (Å²) in [5, 5.41) is 17.9. The molecule has 5 heteroatoms. The minimum Gasteiger partial charge on any atom is -0.333 e. The Hall–Kier alpha value is -6.24. The molecule has 0 radical (unpaired) electrons. The van der Waals surface area contributed by atoms with Gasteiger partial charge in [-0.05, 0) is 64.0 Å². The molecule has 4 atom stereocenters. The second-order valence-electron chi connectivity index (χ2n) is 14.6. The molecule has 0 bridgehead atoms. The predicted molar refractivity (Wildman–Crippen MR) is 221 cm³/mol. The Morgan fingerprint density at radius 2 is 0.981 bits per heavy atom. The number of benzene rings is 7. The molecule has 0 amide bonds. The van der Waals surface area contributed by atoms with Crippen LogP contribution in [0, 0.1) is 0 Å². The Labute approximate surface area is 314 Å². The monoisotopic (exact) mass is 697 g/mol. The fraction of sp³-hybridized carbons (Fsp3) is 0.102. The van der Waals surface area contributed by atoms with Gasteiger partial charge >= 0.3 is 0 Å². The van der Waals surface area contributed by atoms with Crippen LogP contribution >= 0.6 is 0 Å². The largest absolute Gasteiger partial charge is 0.333 e. The van der Waals surface area contributed by atoms with Gasteiger partial charge in [0.15, 0.2) is 0 Å². The van der Waals surface area contributed by atoms with Crippen LogP contribution in [0.5, 0.6) is 0 Å². The number of para-hydroxylation sites is 3. The van der Waals surface area contributed by atoms with E-state index >= 15 is 0 Å². The minimum atomic E-state index is -0.104. The molecule has 7 aromatic carbocycles. The summed E-state index contributed by atoms with van der Waals surface area (Å²) >= 11 is 0. The second kappa shape index (κ2) is 12.7. The minimum absolute atomic E-state index is 0.0392. The highest BCUT2D eigenvalue weighted by molar-refractivity contribution is 5.96. The van der Waals surface area contributed by atoms with Crippen LogP contribution in [-0.2, 0) is 0 Å². The van der Waals surface area contributed by atoms with Gasteiger partial charge in [-0.3, -0.25) is 16.0 Å². The first-order valence-corrected chi connectivity index (χ1v) is 19.0. The number of nitrogens with zero attached hydrogens (tertiary/aromatic N) is 2. The Kier molecular flexibility index (Phi) is 7.37. The van der Waals surface area contributed by atoms with E-state index in [0.29, 0.717) is 0 Å². The third-order valence-corrected chi connectivity index (χ3v) is 11.6. The van der Waals surface area contributed by atoms with E-state index < -0.39 is 0 Å². The maximum Gasteiger partial charge on any atom is 0.0870 e. The van der Waals surface area contributed by atoms with Crippen LogP contribution in [-0.4, -0.2) is 10.6 Å². The van der Waals surface area contributed by atoms with Gasteiger partial charge in [0.1, 0.15) is 0 Å². The van der Waals surface area contributed by atoms with Crippen LogP contribution in [0.2, 0.25) is 0 Å². The zero-order valence-electron chi connectivity index (χ0n) is 29.7. The van der Waals surface area contributed by atoms with Gasteiger partial charge in [0.2, 0.25) is 0 Å². The van der Waals surface area contributed by atoms with Gasteiger partial charge in [0.25, 0.3) is 0 Å². The SMILES string of the molecule is C1=c2c(n(-c3ccc(C4NC(c5ccccc5)NC(c5ccccc5)N4)c4ccccc34)c3ccccc23)=CC2C1c1ccccc1N2c1ccccc1. The van der Waals surface area contributed by atoms with Gasteiger partial charge in [-0.25, -0.2) is 0 Å². The molecule has 3 aliphatic rings. The van der Waals surface area contributed by atoms with Crippen molar-refractivity contribution in [2.24, 2.45) is 0 Å². The number of aromatic nitrogens is 1. The van der Waals surface area contributed by atoms with Crippen LogP contribution in [0.25, 0.3) is 39.5 Å². The molecular weight excluding hydrogens is 659 g/mol. The number of hydrogen-bond acceptors (Lipinski definition) is 4. The fourth-order valence-electron chi connectivity index (χ4n) is 9.24. The highest BCUT2D eigenvalue weighted by Gasteiger charge is 2.39. The highest BCUT2D eigenvalue weighted by Crippen LogP contribution is 2.47. The summed E-state index contributed by atoms with van der Waals surface area (Å²) in [6.07, 6.45) is 4.88. The Morgan fingerprint density at radius 3 is 1.70 bits per heavy atom. The van der Waals surface area contributed by atoms with E-state index in [1.807, 2.05) is 0 Å². The molecule has 54 heavy (non-hydrogen) atoms. The first-order valence-electron chi connectivity index (χ1n) is 19.0. The van der Waals surface area contributed by atoms with Crippen molar-refractivity contribution in [2.75, 3.05) is 4.90 Å². The highest BCUT2D eigenvalue weighted by atomic mass is 15.4. The van der Waals surface area contributed by atoms with Crippen LogP contribution in [0.4, 0.5) is 11.4 Å². The number of anilines is 2. The van der Waals surface area contributed by atoms with Crippen LogP contribution in [0.3, 0.4) is 0 Å². The van der Waals surface area contributed by atoms with E-state index in [9.17, 15) is 0 Å². The molecule has 11 rings (SSSR count). The molecule has 1 fully saturated rings. The topological polar surface area (TPSA) is 44.3 Å². The number of hydrogen-bond donors (Lipinski definition) is 3. The lowest BCUT2D eigenvalue weighted by molar-refractivity contribution is 0.204. The Bertz CT molecular complexity index is 2750. The van der Waals surface area contributed by atoms with Crippen molar-refractivity contribution in [3.05, 3.63) is 209 Å². The van der Waals surface area contributed by atoms with Crippen molar-refractivity contribution in [3.63, 3.8) is 0 Å². The molecule has 0 spiro atoms. The normalized spacial score (nSPS) is 21.6. The van der Waals surface area contributed by atoms with Crippen molar-refractivity contribution in [1.29, 1.82) is 0 Å². The number of fused-ring (bicyclic) bond motifs is 7. The zero-order chi connectivity index (χ0) is 35.6. The Balaban J connectivity index is 1.09. The van der Waals surface area contributed by atoms with Crippen LogP contribution in [0.15, 0.2) is 176 Å². The van der Waals surface area contributed by atoms with Gasteiger partial charge in [-0.2, -0.15) is 0 Å². The number of nitrogens with one attached hydrogen (secondary N) is 3. The third-order valence-electron chi connectivity index (χ3n) is 11.6. The van der Waals surface area contributed by atoms with Crippen molar-refractivity contribution in [1.82, 2.24) is 20.5 Å². The molecule has 2 aliphatic heterocycles. The first-order chi connectivity index (χ1) is 26.8. The summed E-state index contributed by atoms with van der Waals surface area (Å²) in [6.45, 7) is 0. The van der Waals surface area contributed by atoms with Crippen molar-refractivity contribution < 1.29 is 0 Å². The maximum atomic E-state index is 3.92. The van der Waals surface area contributed by atoms with E-state index in [1.54, 1.807) is 0 Å². The first kappa shape index (κ1) is 31.3. The van der Waals surface area contributed by atoms with Crippen LogP contribution < -0.4 is 31.4 Å². The van der Waals surface area contributed by atoms with Crippen molar-refractivity contribution in [3.8, 4) is 5.69 Å². The molecule has 3 N–H and O–H groups in total. The van der Waals surface area contributed by atoms with Gasteiger partial charge in [0, 0.05) is 33.3 Å². The quantitative estimate of drug-likeness (QED) is 0.168. The molecule has 0 saturated carbocycles. The predicted octanol–water partition coefficient (Wildman–Crippen LogP) is 8.84. The van der Waals surface area contributed by atoms with Crippen LogP contribution in [0.1, 0.15) is 46.7 Å². The van der Waals surface area contributed by atoms with E-state index in [2.05, 4.69) is 213 Å². The van der Waals surface area contributed by atoms with Crippen molar-refractivity contribution >= 4 is 45.2 Å². The third kappa shape index (κ3) is 4.97. The van der Waals surface area contributed by atoms with Gasteiger partial charge in [-0.1, -0.05) is 152 Å². The molecule has 1 saturated heterocycles. The summed E-state index contributed by atoms with van der Waals surface area (Å²) in [5.74, 6) is 0.250. The molecule has 260 valence electrons. The van der Waals surface area contributed by atoms with Gasteiger partial charge < -0.3 is 9.47 Å². The van der Waals surface area contributed by atoms with E-state index in [0.717, 1.165) is 0 Å². The van der Waals surface area contributed by atoms with E-state index in [4.69, 9.17) is 0 Å². The average Bonchev–Trinajstić information content (AvgIpc) is 3.75. The van der Waals surface area contributed by atoms with E-state index in [-0.39, 0.29) is 30.5 Å². The lowest BCUT2D eigenvalue weighted by Gasteiger charge is -2.40. The zero-order valence-corrected chi connectivity index (χ0v) is 29.7. The average molecular weight is 698 g/mol. The summed E-state index contributed by atoms with van der Waals surface area (Å²) in [7, 11) is 0. The van der Waals surface area contributed by atoms with E-state index in [1.165, 1.54) is 71.6 Å². The standard InChI is InChI=1S/C49H39N5/c1-4-16-32(17-5-1)47-50-48(33-18-6-2-7-19-33)52-49(51-47)39-28-29-44(36-23-11-10-22-35(36)39)54-43-27-15-13-25-38(43)41-30-40-37-24-12-14-26-42(37)53(45(40)31-46(41)54)34-20-8-3-9-21-34/h1-31,40,45,47-52H. The molecule has 3 heterocycles. The summed E-state index contributed by atoms with van der Waals surface area (Å²) in [6, 6.07) is 63.8. The van der Waals surface area contributed by atoms with Gasteiger partial charge in [-0.15, -0.1) is 0 Å². The Morgan fingerprint density at radius 1 is 0.407 bits per heavy atom. The fourth-order valence-corrected chi connectivity index (χ4v) is 9.24. The summed E-state index contributed by atoms with van der Waals surface area (Å²) in [5.41, 5.74) is 9.92. The lowest BCUT2D eigenvalue weighted by atomic mass is 9.90. The molecule has 5 nitrogen and oxygen atoms in total. The summed E-state index contributed by atoms with van der Waals surface area (Å²) < 4.78 is 2.51. The maximum absolute atomic E-state index is 3.92. The lowest BCUT2D eigenvalue weighted by Crippen LogP contribution is -2.54. The molecule has 1 aromatic heterocycles. The molecule has 4 unspecified atom stereocenters. The van der Waals surface area contributed by atoms with Gasteiger partial charge in [0.05, 0.1) is 41.1 Å². The van der Waals surface area contributed by atoms with Crippen molar-refractivity contribution in [2.45, 2.75) is 30.5 Å². The molecular formula is C49H39N5. The second-order valence-corrected chi connectivity index (χ2v) is 14.6. The summed E-state index contributed by atoms with van der Waals surface area (Å²) in [4.78, 5) is 2.53. The molecule has 1 aliphatic carbocycles. The molecule has 8 aromatic rings.